The zero-order chi connectivity index (χ0) is 11.4. The van der Waals surface area contributed by atoms with Gasteiger partial charge in [-0.3, -0.25) is 0 Å². The molecule has 1 atom stereocenters. The topological polar surface area (TPSA) is 25.8 Å². The zero-order valence-corrected chi connectivity index (χ0v) is 11.4. The highest BCUT2D eigenvalue weighted by Gasteiger charge is 2.66. The molecule has 1 fully saturated rings. The third kappa shape index (κ3) is 1.51. The lowest BCUT2D eigenvalue weighted by Crippen LogP contribution is -1.95. The highest BCUT2D eigenvalue weighted by atomic mass is 35.5. The van der Waals surface area contributed by atoms with Gasteiger partial charge in [-0.05, 0) is 17.8 Å². The SMILES string of the molecule is CC(Cl)c1nnc(C2C(C)(C)C2(C)C)s1. The molecule has 1 aromatic heterocycles. The molecule has 84 valence electrons. The van der Waals surface area contributed by atoms with E-state index in [1.165, 1.54) is 0 Å². The van der Waals surface area contributed by atoms with Crippen molar-refractivity contribution in [3.05, 3.63) is 10.0 Å². The maximum Gasteiger partial charge on any atom is 0.135 e. The Balaban J connectivity index is 2.26. The van der Waals surface area contributed by atoms with Crippen LogP contribution in [0.3, 0.4) is 0 Å². The lowest BCUT2D eigenvalue weighted by molar-refractivity contribution is 0.457. The molecule has 4 heteroatoms. The fraction of sp³-hybridized carbons (Fsp3) is 0.818. The predicted octanol–water partition coefficient (Wildman–Crippen LogP) is 3.99. The summed E-state index contributed by atoms with van der Waals surface area (Å²) in [5.41, 5.74) is 0.665. The molecule has 0 saturated heterocycles. The van der Waals surface area contributed by atoms with Gasteiger partial charge in [0.05, 0.1) is 5.38 Å². The van der Waals surface area contributed by atoms with Crippen molar-refractivity contribution >= 4 is 22.9 Å². The monoisotopic (exact) mass is 244 g/mol. The third-order valence-corrected chi connectivity index (χ3v) is 5.57. The lowest BCUT2D eigenvalue weighted by Gasteiger charge is -2.03. The minimum atomic E-state index is -0.0266. The molecule has 15 heavy (non-hydrogen) atoms. The van der Waals surface area contributed by atoms with Crippen LogP contribution in [-0.4, -0.2) is 10.2 Å². The van der Waals surface area contributed by atoms with Crippen LogP contribution in [0.4, 0.5) is 0 Å². The van der Waals surface area contributed by atoms with Gasteiger partial charge in [0.25, 0.3) is 0 Å². The van der Waals surface area contributed by atoms with E-state index in [0.29, 0.717) is 16.7 Å². The van der Waals surface area contributed by atoms with E-state index < -0.39 is 0 Å². The molecule has 0 aliphatic heterocycles. The molecule has 0 bridgehead atoms. The van der Waals surface area contributed by atoms with Crippen LogP contribution in [0, 0.1) is 10.8 Å². The summed E-state index contributed by atoms with van der Waals surface area (Å²) in [5.74, 6) is 0.534. The fourth-order valence-electron chi connectivity index (χ4n) is 2.34. The van der Waals surface area contributed by atoms with Crippen molar-refractivity contribution in [2.24, 2.45) is 10.8 Å². The average Bonchev–Trinajstić information content (AvgIpc) is 2.52. The smallest absolute Gasteiger partial charge is 0.135 e. The minimum absolute atomic E-state index is 0.0266. The Morgan fingerprint density at radius 1 is 1.20 bits per heavy atom. The number of halogens is 1. The van der Waals surface area contributed by atoms with E-state index in [4.69, 9.17) is 11.6 Å². The van der Waals surface area contributed by atoms with Gasteiger partial charge in [-0.2, -0.15) is 0 Å². The van der Waals surface area contributed by atoms with Gasteiger partial charge in [-0.15, -0.1) is 21.8 Å². The Hall–Kier alpha value is -0.150. The highest BCUT2D eigenvalue weighted by Crippen LogP contribution is 2.73. The van der Waals surface area contributed by atoms with Crippen LogP contribution in [0.25, 0.3) is 0 Å². The van der Waals surface area contributed by atoms with Crippen LogP contribution >= 0.6 is 22.9 Å². The molecule has 0 aromatic carbocycles. The van der Waals surface area contributed by atoms with Gasteiger partial charge in [0.1, 0.15) is 10.0 Å². The van der Waals surface area contributed by atoms with E-state index in [2.05, 4.69) is 37.9 Å². The van der Waals surface area contributed by atoms with Crippen molar-refractivity contribution < 1.29 is 0 Å². The summed E-state index contributed by atoms with van der Waals surface area (Å²) in [6.07, 6.45) is 0. The second-order valence-electron chi connectivity index (χ2n) is 5.47. The van der Waals surface area contributed by atoms with Gasteiger partial charge in [0, 0.05) is 5.92 Å². The second kappa shape index (κ2) is 3.17. The zero-order valence-electron chi connectivity index (χ0n) is 9.84. The van der Waals surface area contributed by atoms with Crippen molar-refractivity contribution in [3.63, 3.8) is 0 Å². The van der Waals surface area contributed by atoms with Gasteiger partial charge in [0.15, 0.2) is 0 Å². The van der Waals surface area contributed by atoms with E-state index in [9.17, 15) is 0 Å². The van der Waals surface area contributed by atoms with Crippen LogP contribution in [-0.2, 0) is 0 Å². The first-order chi connectivity index (χ1) is 6.78. The standard InChI is InChI=1S/C11H17ClN2S/c1-6(12)8-13-14-9(15-8)7-10(2,3)11(7,4)5/h6-7H,1-5H3. The average molecular weight is 245 g/mol. The van der Waals surface area contributed by atoms with Gasteiger partial charge in [-0.25, -0.2) is 0 Å². The van der Waals surface area contributed by atoms with Crippen molar-refractivity contribution in [1.82, 2.24) is 10.2 Å². The van der Waals surface area contributed by atoms with Crippen LogP contribution in [0.15, 0.2) is 0 Å². The summed E-state index contributed by atoms with van der Waals surface area (Å²) in [6.45, 7) is 11.1. The van der Waals surface area contributed by atoms with Gasteiger partial charge in [-0.1, -0.05) is 39.0 Å². The molecule has 0 N–H and O–H groups in total. The van der Waals surface area contributed by atoms with Crippen LogP contribution < -0.4 is 0 Å². The molecule has 1 saturated carbocycles. The molecule has 0 amide bonds. The Kier molecular flexibility index (Phi) is 2.40. The molecular formula is C11H17ClN2S. The molecule has 1 unspecified atom stereocenters. The third-order valence-electron chi connectivity index (χ3n) is 4.06. The number of rotatable bonds is 2. The largest absolute Gasteiger partial charge is 0.143 e. The van der Waals surface area contributed by atoms with E-state index in [-0.39, 0.29) is 5.38 Å². The first-order valence-corrected chi connectivity index (χ1v) is 6.51. The maximum absolute atomic E-state index is 5.99. The molecule has 1 aliphatic rings. The van der Waals surface area contributed by atoms with E-state index >= 15 is 0 Å². The van der Waals surface area contributed by atoms with Crippen molar-refractivity contribution in [1.29, 1.82) is 0 Å². The molecule has 2 nitrogen and oxygen atoms in total. The first kappa shape index (κ1) is 11.3. The second-order valence-corrected chi connectivity index (χ2v) is 7.17. The van der Waals surface area contributed by atoms with Gasteiger partial charge >= 0.3 is 0 Å². The molecule has 2 rings (SSSR count). The number of hydrogen-bond acceptors (Lipinski definition) is 3. The molecular weight excluding hydrogens is 228 g/mol. The summed E-state index contributed by atoms with van der Waals surface area (Å²) in [6, 6.07) is 0. The first-order valence-electron chi connectivity index (χ1n) is 5.26. The summed E-state index contributed by atoms with van der Waals surface area (Å²) in [7, 11) is 0. The van der Waals surface area contributed by atoms with E-state index in [1.807, 2.05) is 6.92 Å². The van der Waals surface area contributed by atoms with Crippen LogP contribution in [0.5, 0.6) is 0 Å². The summed E-state index contributed by atoms with van der Waals surface area (Å²) in [4.78, 5) is 0. The number of nitrogens with zero attached hydrogens (tertiary/aromatic N) is 2. The minimum Gasteiger partial charge on any atom is -0.143 e. The van der Waals surface area contributed by atoms with Crippen molar-refractivity contribution in [3.8, 4) is 0 Å². The lowest BCUT2D eigenvalue weighted by atomic mass is 10.0. The maximum atomic E-state index is 5.99. The van der Waals surface area contributed by atoms with E-state index in [0.717, 1.165) is 10.0 Å². The van der Waals surface area contributed by atoms with Crippen LogP contribution in [0.1, 0.15) is 55.9 Å². The quantitative estimate of drug-likeness (QED) is 0.736. The van der Waals surface area contributed by atoms with Gasteiger partial charge < -0.3 is 0 Å². The Morgan fingerprint density at radius 3 is 2.07 bits per heavy atom. The Morgan fingerprint density at radius 2 is 1.73 bits per heavy atom. The highest BCUT2D eigenvalue weighted by molar-refractivity contribution is 7.11. The summed E-state index contributed by atoms with van der Waals surface area (Å²) < 4.78 is 0. The Labute approximate surface area is 100 Å². The van der Waals surface area contributed by atoms with Crippen molar-refractivity contribution in [2.45, 2.75) is 45.9 Å². The number of hydrogen-bond donors (Lipinski definition) is 0. The predicted molar refractivity (Wildman–Crippen MR) is 64.5 cm³/mol. The summed E-state index contributed by atoms with van der Waals surface area (Å²) in [5, 5.41) is 10.5. The van der Waals surface area contributed by atoms with Crippen LogP contribution in [0.2, 0.25) is 0 Å². The fourth-order valence-corrected chi connectivity index (χ4v) is 3.76. The molecule has 0 spiro atoms. The molecule has 0 radical (unpaired) electrons. The molecule has 1 heterocycles. The summed E-state index contributed by atoms with van der Waals surface area (Å²) >= 11 is 7.65. The normalized spacial score (nSPS) is 25.2. The van der Waals surface area contributed by atoms with Gasteiger partial charge in [0.2, 0.25) is 0 Å². The van der Waals surface area contributed by atoms with E-state index in [1.54, 1.807) is 11.3 Å². The molecule has 1 aliphatic carbocycles. The van der Waals surface area contributed by atoms with Crippen molar-refractivity contribution in [2.75, 3.05) is 0 Å². The number of alkyl halides is 1. The molecule has 1 aromatic rings. The number of aromatic nitrogens is 2. The Bertz CT molecular complexity index is 368.